The van der Waals surface area contributed by atoms with Crippen LogP contribution < -0.4 is 10.4 Å². The van der Waals surface area contributed by atoms with Crippen molar-refractivity contribution in [2.45, 2.75) is 25.8 Å². The highest BCUT2D eigenvalue weighted by molar-refractivity contribution is 5.85. The summed E-state index contributed by atoms with van der Waals surface area (Å²) >= 11 is 0. The van der Waals surface area contributed by atoms with Crippen molar-refractivity contribution in [2.24, 2.45) is 0 Å². The molecule has 2 aromatic rings. The Hall–Kier alpha value is -2.30. The number of carbonyl (C=O) groups excluding carboxylic acids is 2. The van der Waals surface area contributed by atoms with Crippen molar-refractivity contribution in [3.05, 3.63) is 36.0 Å². The lowest BCUT2D eigenvalue weighted by Crippen LogP contribution is -2.45. The van der Waals surface area contributed by atoms with E-state index in [-0.39, 0.29) is 12.3 Å². The van der Waals surface area contributed by atoms with E-state index in [0.29, 0.717) is 6.42 Å². The number of carboxylic acid groups (broad SMARTS) is 1. The maximum Gasteiger partial charge on any atom is 0.220 e. The maximum atomic E-state index is 11.6. The molecular formula is C14H15N2O3-. The molecule has 1 aromatic carbocycles. The third kappa shape index (κ3) is 3.13. The van der Waals surface area contributed by atoms with Crippen LogP contribution in [0.2, 0.25) is 0 Å². The molecular weight excluding hydrogens is 244 g/mol. The molecule has 0 fully saturated rings. The number of hydrogen-bond donors (Lipinski definition) is 2. The number of carbonyl (C=O) groups is 2. The van der Waals surface area contributed by atoms with Gasteiger partial charge < -0.3 is 20.2 Å². The van der Waals surface area contributed by atoms with Crippen LogP contribution in [0.4, 0.5) is 0 Å². The highest BCUT2D eigenvalue weighted by Gasteiger charge is 2.09. The summed E-state index contributed by atoms with van der Waals surface area (Å²) in [5.41, 5.74) is 2.08. The lowest BCUT2D eigenvalue weighted by molar-refractivity contribution is -0.307. The van der Waals surface area contributed by atoms with Crippen LogP contribution in [-0.4, -0.2) is 22.9 Å². The predicted molar refractivity (Wildman–Crippen MR) is 69.2 cm³/mol. The van der Waals surface area contributed by atoms with Crippen LogP contribution in [-0.2, 0) is 16.0 Å². The topological polar surface area (TPSA) is 85.0 Å². The zero-order valence-electron chi connectivity index (χ0n) is 10.6. The fraction of sp³-hybridized carbons (Fsp3) is 0.286. The third-order valence-electron chi connectivity index (χ3n) is 3.03. The molecule has 1 amide bonds. The van der Waals surface area contributed by atoms with Crippen LogP contribution in [0.5, 0.6) is 0 Å². The number of carboxylic acids is 1. The van der Waals surface area contributed by atoms with Gasteiger partial charge in [-0.1, -0.05) is 18.2 Å². The second-order valence-electron chi connectivity index (χ2n) is 4.47. The molecule has 2 rings (SSSR count). The van der Waals surface area contributed by atoms with E-state index in [0.717, 1.165) is 16.5 Å². The van der Waals surface area contributed by atoms with Gasteiger partial charge >= 0.3 is 0 Å². The third-order valence-corrected chi connectivity index (χ3v) is 3.03. The molecule has 5 nitrogen and oxygen atoms in total. The van der Waals surface area contributed by atoms with Crippen LogP contribution in [0.15, 0.2) is 30.5 Å². The first-order valence-corrected chi connectivity index (χ1v) is 6.13. The van der Waals surface area contributed by atoms with E-state index in [1.165, 1.54) is 6.92 Å². The molecule has 1 atom stereocenters. The highest BCUT2D eigenvalue weighted by atomic mass is 16.4. The molecule has 100 valence electrons. The number of H-pyrrole nitrogens is 1. The number of fused-ring (bicyclic) bond motifs is 1. The first kappa shape index (κ1) is 13.1. The summed E-state index contributed by atoms with van der Waals surface area (Å²) in [7, 11) is 0. The molecule has 19 heavy (non-hydrogen) atoms. The van der Waals surface area contributed by atoms with Gasteiger partial charge in [0, 0.05) is 23.5 Å². The Kier molecular flexibility index (Phi) is 3.85. The van der Waals surface area contributed by atoms with Crippen molar-refractivity contribution in [1.82, 2.24) is 10.3 Å². The Morgan fingerprint density at radius 1 is 1.37 bits per heavy atom. The van der Waals surface area contributed by atoms with Gasteiger partial charge in [-0.05, 0) is 25.0 Å². The normalized spacial score (nSPS) is 12.3. The van der Waals surface area contributed by atoms with Crippen molar-refractivity contribution in [1.29, 1.82) is 0 Å². The molecule has 2 N–H and O–H groups in total. The molecule has 1 heterocycles. The van der Waals surface area contributed by atoms with Gasteiger partial charge in [-0.25, -0.2) is 0 Å². The minimum atomic E-state index is -1.28. The number of amides is 1. The van der Waals surface area contributed by atoms with Crippen molar-refractivity contribution in [3.63, 3.8) is 0 Å². The van der Waals surface area contributed by atoms with Gasteiger partial charge in [0.25, 0.3) is 0 Å². The van der Waals surface area contributed by atoms with E-state index >= 15 is 0 Å². The molecule has 0 aliphatic carbocycles. The average molecular weight is 259 g/mol. The summed E-state index contributed by atoms with van der Waals surface area (Å²) in [4.78, 5) is 25.2. The minimum Gasteiger partial charge on any atom is -0.548 e. The van der Waals surface area contributed by atoms with E-state index in [1.807, 2.05) is 30.5 Å². The number of aromatic nitrogens is 1. The quantitative estimate of drug-likeness (QED) is 0.812. The van der Waals surface area contributed by atoms with E-state index in [4.69, 9.17) is 0 Å². The summed E-state index contributed by atoms with van der Waals surface area (Å²) in [5, 5.41) is 14.0. The smallest absolute Gasteiger partial charge is 0.220 e. The number of hydrogen-bond acceptors (Lipinski definition) is 3. The maximum absolute atomic E-state index is 11.6. The number of benzene rings is 1. The lowest BCUT2D eigenvalue weighted by Gasteiger charge is -2.14. The molecule has 0 bridgehead atoms. The fourth-order valence-corrected chi connectivity index (χ4v) is 1.96. The van der Waals surface area contributed by atoms with E-state index in [2.05, 4.69) is 10.3 Å². The molecule has 0 unspecified atom stereocenters. The molecule has 0 aliphatic heterocycles. The Balaban J connectivity index is 1.95. The van der Waals surface area contributed by atoms with Gasteiger partial charge in [0.1, 0.15) is 0 Å². The van der Waals surface area contributed by atoms with Crippen LogP contribution in [0.25, 0.3) is 10.9 Å². The Bertz CT molecular complexity index is 604. The van der Waals surface area contributed by atoms with Gasteiger partial charge in [0.05, 0.1) is 12.0 Å². The summed E-state index contributed by atoms with van der Waals surface area (Å²) in [6.45, 7) is 1.39. The molecule has 0 saturated heterocycles. The average Bonchev–Trinajstić information content (AvgIpc) is 2.79. The Morgan fingerprint density at radius 3 is 2.84 bits per heavy atom. The van der Waals surface area contributed by atoms with Crippen LogP contribution in [0, 0.1) is 0 Å². The second-order valence-corrected chi connectivity index (χ2v) is 4.47. The summed E-state index contributed by atoms with van der Waals surface area (Å²) in [6, 6.07) is 6.88. The number of rotatable bonds is 5. The van der Waals surface area contributed by atoms with Gasteiger partial charge in [0.2, 0.25) is 5.91 Å². The van der Waals surface area contributed by atoms with E-state index in [9.17, 15) is 14.7 Å². The van der Waals surface area contributed by atoms with Crippen molar-refractivity contribution in [2.75, 3.05) is 0 Å². The molecule has 1 aromatic heterocycles. The largest absolute Gasteiger partial charge is 0.548 e. The molecule has 0 aliphatic rings. The molecule has 0 spiro atoms. The zero-order chi connectivity index (χ0) is 13.8. The molecule has 0 radical (unpaired) electrons. The number of aryl methyl sites for hydroxylation is 1. The summed E-state index contributed by atoms with van der Waals surface area (Å²) in [5.74, 6) is -1.57. The molecule has 0 saturated carbocycles. The van der Waals surface area contributed by atoms with E-state index in [1.54, 1.807) is 0 Å². The standard InChI is InChI=1S/C14H16N2O3/c1-9(14(18)19)16-13(17)7-6-10-8-15-12-5-3-2-4-11(10)12/h2-5,8-9,15H,6-7H2,1H3,(H,16,17)(H,18,19)/p-1/t9-/m0/s1. The predicted octanol–water partition coefficient (Wildman–Crippen LogP) is 0.355. The SMILES string of the molecule is C[C@H](NC(=O)CCc1c[nH]c2ccccc12)C(=O)[O-]. The Labute approximate surface area is 110 Å². The fourth-order valence-electron chi connectivity index (χ4n) is 1.96. The van der Waals surface area contributed by atoms with Crippen molar-refractivity contribution in [3.8, 4) is 0 Å². The van der Waals surface area contributed by atoms with Crippen LogP contribution in [0.1, 0.15) is 18.9 Å². The Morgan fingerprint density at radius 2 is 2.11 bits per heavy atom. The van der Waals surface area contributed by atoms with Gasteiger partial charge in [-0.3, -0.25) is 4.79 Å². The number of aliphatic carboxylic acids is 1. The summed E-state index contributed by atoms with van der Waals surface area (Å²) in [6.07, 6.45) is 2.69. The number of nitrogens with one attached hydrogen (secondary N) is 2. The van der Waals surface area contributed by atoms with Crippen molar-refractivity contribution < 1.29 is 14.7 Å². The first-order chi connectivity index (χ1) is 9.08. The lowest BCUT2D eigenvalue weighted by atomic mass is 10.1. The van der Waals surface area contributed by atoms with E-state index < -0.39 is 12.0 Å². The summed E-state index contributed by atoms with van der Waals surface area (Å²) < 4.78 is 0. The number of para-hydroxylation sites is 1. The zero-order valence-corrected chi connectivity index (χ0v) is 10.6. The highest BCUT2D eigenvalue weighted by Crippen LogP contribution is 2.18. The van der Waals surface area contributed by atoms with Crippen LogP contribution >= 0.6 is 0 Å². The molecule has 5 heteroatoms. The first-order valence-electron chi connectivity index (χ1n) is 6.13. The van der Waals surface area contributed by atoms with Gasteiger partial charge in [-0.15, -0.1) is 0 Å². The minimum absolute atomic E-state index is 0.249. The monoisotopic (exact) mass is 259 g/mol. The number of aromatic amines is 1. The van der Waals surface area contributed by atoms with Gasteiger partial charge in [-0.2, -0.15) is 0 Å². The van der Waals surface area contributed by atoms with Gasteiger partial charge in [0.15, 0.2) is 0 Å². The second kappa shape index (κ2) is 5.56. The van der Waals surface area contributed by atoms with Crippen LogP contribution in [0.3, 0.4) is 0 Å². The van der Waals surface area contributed by atoms with Crippen molar-refractivity contribution >= 4 is 22.8 Å².